The zero-order valence-electron chi connectivity index (χ0n) is 20.1. The normalized spacial score (nSPS) is 18.3. The number of hydrogen-bond acceptors (Lipinski definition) is 4. The first kappa shape index (κ1) is 22.0. The summed E-state index contributed by atoms with van der Waals surface area (Å²) in [6, 6.07) is 20.3. The van der Waals surface area contributed by atoms with Gasteiger partial charge in [0.05, 0.1) is 16.6 Å². The standard InChI is InChI=1S/C30H24N2O4/c1-4-14-31-23-13-9-8-12-22(23)30(29(31)35)25-26(33)21-15-18(2)19(3)16-24(21)36-27(25)28(34)32(30)17-20-10-6-5-7-11-20/h4-13,15-16H,1,14,17H2,2-3H3. The molecule has 0 N–H and O–H groups in total. The molecule has 0 radical (unpaired) electrons. The highest BCUT2D eigenvalue weighted by Crippen LogP contribution is 2.53. The van der Waals surface area contributed by atoms with Crippen molar-refractivity contribution in [1.29, 1.82) is 0 Å². The number of aryl methyl sites for hydroxylation is 2. The molecule has 3 aromatic carbocycles. The lowest BCUT2D eigenvalue weighted by molar-refractivity contribution is -0.126. The molecule has 0 saturated carbocycles. The highest BCUT2D eigenvalue weighted by Gasteiger charge is 2.64. The minimum absolute atomic E-state index is 0.0738. The monoisotopic (exact) mass is 476 g/mol. The molecule has 6 rings (SSSR count). The maximum Gasteiger partial charge on any atom is 0.291 e. The molecule has 2 aliphatic heterocycles. The third-order valence-corrected chi connectivity index (χ3v) is 7.35. The van der Waals surface area contributed by atoms with Gasteiger partial charge >= 0.3 is 0 Å². The molecule has 2 amide bonds. The van der Waals surface area contributed by atoms with Gasteiger partial charge in [0, 0.05) is 18.7 Å². The number of nitrogens with zero attached hydrogens (tertiary/aromatic N) is 2. The van der Waals surface area contributed by atoms with Crippen molar-refractivity contribution in [3.8, 4) is 0 Å². The maximum atomic E-state index is 14.4. The van der Waals surface area contributed by atoms with Gasteiger partial charge < -0.3 is 14.2 Å². The topological polar surface area (TPSA) is 70.8 Å². The van der Waals surface area contributed by atoms with Crippen molar-refractivity contribution < 1.29 is 14.0 Å². The third kappa shape index (κ3) is 2.75. The van der Waals surface area contributed by atoms with Gasteiger partial charge in [-0.25, -0.2) is 0 Å². The van der Waals surface area contributed by atoms with Crippen LogP contribution in [0.2, 0.25) is 0 Å². The Labute approximate surface area is 208 Å². The summed E-state index contributed by atoms with van der Waals surface area (Å²) in [5.41, 5.74) is 2.41. The summed E-state index contributed by atoms with van der Waals surface area (Å²) in [6.07, 6.45) is 1.64. The van der Waals surface area contributed by atoms with Crippen molar-refractivity contribution in [2.24, 2.45) is 0 Å². The van der Waals surface area contributed by atoms with Gasteiger partial charge in [0.1, 0.15) is 5.58 Å². The summed E-state index contributed by atoms with van der Waals surface area (Å²) < 4.78 is 6.16. The Hall–Kier alpha value is -4.45. The van der Waals surface area contributed by atoms with Gasteiger partial charge in [-0.1, -0.05) is 54.6 Å². The van der Waals surface area contributed by atoms with E-state index in [1.54, 1.807) is 23.1 Å². The Morgan fingerprint density at radius 2 is 1.64 bits per heavy atom. The molecule has 6 nitrogen and oxygen atoms in total. The van der Waals surface area contributed by atoms with Crippen LogP contribution in [0.5, 0.6) is 0 Å². The van der Waals surface area contributed by atoms with Crippen LogP contribution in [0.4, 0.5) is 5.69 Å². The second-order valence-corrected chi connectivity index (χ2v) is 9.38. The van der Waals surface area contributed by atoms with E-state index < -0.39 is 11.4 Å². The fraction of sp³-hybridized carbons (Fsp3) is 0.167. The zero-order chi connectivity index (χ0) is 25.2. The lowest BCUT2D eigenvalue weighted by Gasteiger charge is -2.34. The Bertz CT molecular complexity index is 1650. The van der Waals surface area contributed by atoms with Crippen LogP contribution in [0.15, 0.2) is 88.6 Å². The molecule has 0 saturated heterocycles. The number of carbonyl (C=O) groups is 2. The third-order valence-electron chi connectivity index (χ3n) is 7.35. The lowest BCUT2D eigenvalue weighted by atomic mass is 9.83. The smallest absolute Gasteiger partial charge is 0.291 e. The number of hydrogen-bond donors (Lipinski definition) is 0. The highest BCUT2D eigenvalue weighted by atomic mass is 16.3. The van der Waals surface area contributed by atoms with Crippen LogP contribution in [0.3, 0.4) is 0 Å². The molecule has 1 spiro atoms. The Morgan fingerprint density at radius 3 is 2.39 bits per heavy atom. The van der Waals surface area contributed by atoms with E-state index in [0.717, 1.165) is 16.7 Å². The fourth-order valence-corrected chi connectivity index (χ4v) is 5.54. The van der Waals surface area contributed by atoms with Crippen molar-refractivity contribution >= 4 is 28.5 Å². The first-order valence-corrected chi connectivity index (χ1v) is 11.9. The number of anilines is 1. The van der Waals surface area contributed by atoms with E-state index in [2.05, 4.69) is 6.58 Å². The molecule has 1 atom stereocenters. The minimum atomic E-state index is -1.63. The Kier molecular flexibility index (Phi) is 4.76. The van der Waals surface area contributed by atoms with Crippen molar-refractivity contribution in [2.45, 2.75) is 25.9 Å². The second-order valence-electron chi connectivity index (χ2n) is 9.38. The summed E-state index contributed by atoms with van der Waals surface area (Å²) >= 11 is 0. The van der Waals surface area contributed by atoms with Gasteiger partial charge in [0.15, 0.2) is 11.0 Å². The number of rotatable bonds is 4. The molecule has 2 aliphatic rings. The molecule has 4 aromatic rings. The summed E-state index contributed by atoms with van der Waals surface area (Å²) in [6.45, 7) is 8.05. The number of fused-ring (bicyclic) bond motifs is 5. The van der Waals surface area contributed by atoms with E-state index in [-0.39, 0.29) is 35.7 Å². The largest absolute Gasteiger partial charge is 0.450 e. The van der Waals surface area contributed by atoms with Crippen LogP contribution < -0.4 is 10.3 Å². The molecule has 0 aliphatic carbocycles. The van der Waals surface area contributed by atoms with E-state index in [9.17, 15) is 14.4 Å². The average Bonchev–Trinajstić information content (AvgIpc) is 3.27. The molecular formula is C30H24N2O4. The van der Waals surface area contributed by atoms with Gasteiger partial charge in [-0.2, -0.15) is 0 Å². The van der Waals surface area contributed by atoms with Crippen molar-refractivity contribution in [3.63, 3.8) is 0 Å². The molecule has 1 aromatic heterocycles. The predicted molar refractivity (Wildman–Crippen MR) is 138 cm³/mol. The maximum absolute atomic E-state index is 14.4. The van der Waals surface area contributed by atoms with E-state index in [0.29, 0.717) is 22.2 Å². The van der Waals surface area contributed by atoms with Crippen molar-refractivity contribution in [2.75, 3.05) is 11.4 Å². The van der Waals surface area contributed by atoms with Gasteiger partial charge in [-0.05, 0) is 48.7 Å². The van der Waals surface area contributed by atoms with E-state index in [4.69, 9.17) is 4.42 Å². The number of benzene rings is 3. The van der Waals surface area contributed by atoms with Gasteiger partial charge in [-0.15, -0.1) is 6.58 Å². The number of para-hydroxylation sites is 1. The fourth-order valence-electron chi connectivity index (χ4n) is 5.54. The van der Waals surface area contributed by atoms with E-state index in [1.165, 1.54) is 4.90 Å². The van der Waals surface area contributed by atoms with Crippen LogP contribution in [-0.4, -0.2) is 23.3 Å². The highest BCUT2D eigenvalue weighted by molar-refractivity contribution is 6.17. The molecule has 0 fully saturated rings. The van der Waals surface area contributed by atoms with Crippen molar-refractivity contribution in [3.05, 3.63) is 123 Å². The first-order chi connectivity index (χ1) is 17.4. The second kappa shape index (κ2) is 7.78. The van der Waals surface area contributed by atoms with Gasteiger partial charge in [-0.3, -0.25) is 14.4 Å². The SMILES string of the molecule is C=CCN1C(=O)C2(c3ccccc31)c1c(oc3cc(C)c(C)cc3c1=O)C(=O)N2Cc1ccccc1. The molecule has 6 heteroatoms. The van der Waals surface area contributed by atoms with Crippen molar-refractivity contribution in [1.82, 2.24) is 4.90 Å². The van der Waals surface area contributed by atoms with Crippen LogP contribution in [0.25, 0.3) is 11.0 Å². The van der Waals surface area contributed by atoms with Gasteiger partial charge in [0.25, 0.3) is 11.8 Å². The number of carbonyl (C=O) groups excluding carboxylic acids is 2. The Balaban J connectivity index is 1.72. The summed E-state index contributed by atoms with van der Waals surface area (Å²) in [5.74, 6) is -0.910. The number of amides is 2. The molecular weight excluding hydrogens is 452 g/mol. The summed E-state index contributed by atoms with van der Waals surface area (Å²) in [4.78, 5) is 45.7. The van der Waals surface area contributed by atoms with Gasteiger partial charge in [0.2, 0.25) is 5.76 Å². The lowest BCUT2D eigenvalue weighted by Crippen LogP contribution is -2.53. The summed E-state index contributed by atoms with van der Waals surface area (Å²) in [5, 5.41) is 0.359. The van der Waals surface area contributed by atoms with Crippen LogP contribution in [0, 0.1) is 13.8 Å². The predicted octanol–water partition coefficient (Wildman–Crippen LogP) is 4.84. The van der Waals surface area contributed by atoms with E-state index >= 15 is 0 Å². The van der Waals surface area contributed by atoms with Crippen LogP contribution >= 0.6 is 0 Å². The average molecular weight is 477 g/mol. The minimum Gasteiger partial charge on any atom is -0.450 e. The zero-order valence-corrected chi connectivity index (χ0v) is 20.1. The quantitative estimate of drug-likeness (QED) is 0.395. The Morgan fingerprint density at radius 1 is 0.944 bits per heavy atom. The van der Waals surface area contributed by atoms with E-state index in [1.807, 2.05) is 68.4 Å². The first-order valence-electron chi connectivity index (χ1n) is 11.9. The van der Waals surface area contributed by atoms with Crippen LogP contribution in [-0.2, 0) is 16.9 Å². The van der Waals surface area contributed by atoms with Crippen LogP contribution in [0.1, 0.15) is 38.4 Å². The summed E-state index contributed by atoms with van der Waals surface area (Å²) in [7, 11) is 0. The molecule has 36 heavy (non-hydrogen) atoms. The molecule has 3 heterocycles. The molecule has 1 unspecified atom stereocenters. The molecule has 0 bridgehead atoms. The molecule has 178 valence electrons.